The molecule has 146 valence electrons. The Morgan fingerprint density at radius 2 is 1.89 bits per heavy atom. The molecule has 1 saturated heterocycles. The Balaban J connectivity index is 1.40. The van der Waals surface area contributed by atoms with E-state index < -0.39 is 0 Å². The SMILES string of the molecule is COc1ccc(OC)c(CC(=O)N2CCN(c3ccc4nccn4n3)CC2)c1. The number of fused-ring (bicyclic) bond motifs is 1. The van der Waals surface area contributed by atoms with Crippen LogP contribution in [-0.4, -0.2) is 65.8 Å². The molecule has 8 nitrogen and oxygen atoms in total. The van der Waals surface area contributed by atoms with Crippen molar-refractivity contribution in [1.29, 1.82) is 0 Å². The van der Waals surface area contributed by atoms with Crippen molar-refractivity contribution in [2.24, 2.45) is 0 Å². The molecular weight excluding hydrogens is 358 g/mol. The van der Waals surface area contributed by atoms with Gasteiger partial charge in [-0.25, -0.2) is 9.50 Å². The van der Waals surface area contributed by atoms with Gasteiger partial charge >= 0.3 is 0 Å². The van der Waals surface area contributed by atoms with Gasteiger partial charge in [-0.1, -0.05) is 0 Å². The van der Waals surface area contributed by atoms with Gasteiger partial charge in [-0.15, -0.1) is 5.10 Å². The number of nitrogens with zero attached hydrogens (tertiary/aromatic N) is 5. The second-order valence-electron chi connectivity index (χ2n) is 6.64. The first-order chi connectivity index (χ1) is 13.7. The molecule has 0 radical (unpaired) electrons. The van der Waals surface area contributed by atoms with Gasteiger partial charge in [0.2, 0.25) is 5.91 Å². The third-order valence-corrected chi connectivity index (χ3v) is 5.03. The highest BCUT2D eigenvalue weighted by Crippen LogP contribution is 2.25. The van der Waals surface area contributed by atoms with E-state index >= 15 is 0 Å². The van der Waals surface area contributed by atoms with Crippen LogP contribution in [0.2, 0.25) is 0 Å². The molecule has 1 aromatic carbocycles. The van der Waals surface area contributed by atoms with Gasteiger partial charge in [0.05, 0.1) is 20.6 Å². The van der Waals surface area contributed by atoms with Crippen LogP contribution in [-0.2, 0) is 11.2 Å². The van der Waals surface area contributed by atoms with Crippen LogP contribution in [0, 0.1) is 0 Å². The molecule has 3 heterocycles. The molecule has 1 aliphatic heterocycles. The predicted octanol–water partition coefficient (Wildman–Crippen LogP) is 1.64. The van der Waals surface area contributed by atoms with Crippen LogP contribution in [0.3, 0.4) is 0 Å². The van der Waals surface area contributed by atoms with Gasteiger partial charge in [0.1, 0.15) is 17.3 Å². The fraction of sp³-hybridized carbons (Fsp3) is 0.350. The number of rotatable bonds is 5. The molecule has 1 amide bonds. The Morgan fingerprint density at radius 1 is 1.07 bits per heavy atom. The third-order valence-electron chi connectivity index (χ3n) is 5.03. The van der Waals surface area contributed by atoms with Gasteiger partial charge in [0.25, 0.3) is 0 Å². The summed E-state index contributed by atoms with van der Waals surface area (Å²) in [5.74, 6) is 2.40. The van der Waals surface area contributed by atoms with Gasteiger partial charge in [0, 0.05) is 44.1 Å². The number of benzene rings is 1. The predicted molar refractivity (Wildman–Crippen MR) is 105 cm³/mol. The van der Waals surface area contributed by atoms with Crippen molar-refractivity contribution in [3.63, 3.8) is 0 Å². The minimum absolute atomic E-state index is 0.0872. The lowest BCUT2D eigenvalue weighted by Crippen LogP contribution is -2.49. The summed E-state index contributed by atoms with van der Waals surface area (Å²) in [6, 6.07) is 9.44. The Bertz CT molecular complexity index is 979. The van der Waals surface area contributed by atoms with Crippen LogP contribution in [0.1, 0.15) is 5.56 Å². The molecule has 0 N–H and O–H groups in total. The summed E-state index contributed by atoms with van der Waals surface area (Å²) in [6.45, 7) is 2.81. The normalized spacial score (nSPS) is 14.4. The second-order valence-corrected chi connectivity index (χ2v) is 6.64. The molecule has 1 fully saturated rings. The molecule has 8 heteroatoms. The fourth-order valence-corrected chi connectivity index (χ4v) is 3.45. The van der Waals surface area contributed by atoms with Crippen LogP contribution in [0.5, 0.6) is 11.5 Å². The highest BCUT2D eigenvalue weighted by atomic mass is 16.5. The first-order valence-electron chi connectivity index (χ1n) is 9.22. The number of aromatic nitrogens is 3. The topological polar surface area (TPSA) is 72.2 Å². The minimum atomic E-state index is 0.0872. The van der Waals surface area contributed by atoms with E-state index in [1.54, 1.807) is 24.9 Å². The molecule has 0 atom stereocenters. The van der Waals surface area contributed by atoms with Gasteiger partial charge in [-0.2, -0.15) is 0 Å². The molecule has 28 heavy (non-hydrogen) atoms. The number of methoxy groups -OCH3 is 2. The highest BCUT2D eigenvalue weighted by Gasteiger charge is 2.23. The second kappa shape index (κ2) is 7.75. The standard InChI is InChI=1S/C20H23N5O3/c1-27-16-3-4-17(28-2)15(13-16)14-20(26)24-11-9-23(10-12-24)19-6-5-18-21-7-8-25(18)22-19/h3-8,13H,9-12,14H2,1-2H3. The first kappa shape index (κ1) is 18.1. The molecule has 0 saturated carbocycles. The van der Waals surface area contributed by atoms with Crippen molar-refractivity contribution >= 4 is 17.4 Å². The first-order valence-corrected chi connectivity index (χ1v) is 9.22. The van der Waals surface area contributed by atoms with E-state index in [0.717, 1.165) is 35.9 Å². The van der Waals surface area contributed by atoms with E-state index in [1.165, 1.54) is 0 Å². The Labute approximate surface area is 163 Å². The smallest absolute Gasteiger partial charge is 0.227 e. The van der Waals surface area contributed by atoms with E-state index in [2.05, 4.69) is 15.0 Å². The quantitative estimate of drug-likeness (QED) is 0.669. The van der Waals surface area contributed by atoms with Crippen LogP contribution in [0.4, 0.5) is 5.82 Å². The summed E-state index contributed by atoms with van der Waals surface area (Å²) in [5.41, 5.74) is 1.66. The van der Waals surface area contributed by atoms with Crippen molar-refractivity contribution in [3.05, 3.63) is 48.3 Å². The maximum Gasteiger partial charge on any atom is 0.227 e. The molecule has 0 spiro atoms. The summed E-state index contributed by atoms with van der Waals surface area (Å²) < 4.78 is 12.4. The molecule has 3 aromatic rings. The molecule has 4 rings (SSSR count). The summed E-state index contributed by atoms with van der Waals surface area (Å²) in [4.78, 5) is 21.1. The number of carbonyl (C=O) groups is 1. The summed E-state index contributed by atoms with van der Waals surface area (Å²) in [7, 11) is 3.22. The zero-order chi connectivity index (χ0) is 19.5. The summed E-state index contributed by atoms with van der Waals surface area (Å²) >= 11 is 0. The Morgan fingerprint density at radius 3 is 2.64 bits per heavy atom. The number of anilines is 1. The minimum Gasteiger partial charge on any atom is -0.497 e. The average molecular weight is 381 g/mol. The number of hydrogen-bond acceptors (Lipinski definition) is 6. The van der Waals surface area contributed by atoms with Crippen molar-refractivity contribution in [2.45, 2.75) is 6.42 Å². The monoisotopic (exact) mass is 381 g/mol. The lowest BCUT2D eigenvalue weighted by Gasteiger charge is -2.35. The summed E-state index contributed by atoms with van der Waals surface area (Å²) in [5, 5.41) is 4.58. The molecule has 0 unspecified atom stereocenters. The van der Waals surface area contributed by atoms with Crippen LogP contribution < -0.4 is 14.4 Å². The zero-order valence-corrected chi connectivity index (χ0v) is 16.0. The number of carbonyl (C=O) groups excluding carboxylic acids is 1. The van der Waals surface area contributed by atoms with Crippen molar-refractivity contribution in [1.82, 2.24) is 19.5 Å². The van der Waals surface area contributed by atoms with E-state index in [1.807, 2.05) is 41.4 Å². The highest BCUT2D eigenvalue weighted by molar-refractivity contribution is 5.80. The van der Waals surface area contributed by atoms with Crippen LogP contribution in [0.15, 0.2) is 42.7 Å². The number of hydrogen-bond donors (Lipinski definition) is 0. The number of imidazole rings is 1. The Hall–Kier alpha value is -3.29. The van der Waals surface area contributed by atoms with E-state index in [9.17, 15) is 4.79 Å². The van der Waals surface area contributed by atoms with Crippen molar-refractivity contribution < 1.29 is 14.3 Å². The lowest BCUT2D eigenvalue weighted by atomic mass is 10.1. The van der Waals surface area contributed by atoms with Gasteiger partial charge < -0.3 is 19.3 Å². The fourth-order valence-electron chi connectivity index (χ4n) is 3.45. The van der Waals surface area contributed by atoms with Crippen molar-refractivity contribution in [3.8, 4) is 11.5 Å². The van der Waals surface area contributed by atoms with Crippen LogP contribution in [0.25, 0.3) is 5.65 Å². The van der Waals surface area contributed by atoms with Gasteiger partial charge in [-0.05, 0) is 30.3 Å². The summed E-state index contributed by atoms with van der Waals surface area (Å²) in [6.07, 6.45) is 3.86. The molecule has 1 aliphatic rings. The largest absolute Gasteiger partial charge is 0.497 e. The number of piperazine rings is 1. The van der Waals surface area contributed by atoms with Gasteiger partial charge in [0.15, 0.2) is 5.65 Å². The van der Waals surface area contributed by atoms with Crippen LogP contribution >= 0.6 is 0 Å². The molecular formula is C20H23N5O3. The van der Waals surface area contributed by atoms with E-state index in [4.69, 9.17) is 9.47 Å². The molecule has 2 aromatic heterocycles. The third kappa shape index (κ3) is 3.58. The molecule has 0 aliphatic carbocycles. The average Bonchev–Trinajstić information content (AvgIpc) is 3.21. The zero-order valence-electron chi connectivity index (χ0n) is 16.0. The van der Waals surface area contributed by atoms with E-state index in [0.29, 0.717) is 25.3 Å². The maximum absolute atomic E-state index is 12.8. The Kier molecular flexibility index (Phi) is 5.01. The van der Waals surface area contributed by atoms with E-state index in [-0.39, 0.29) is 5.91 Å². The molecule has 0 bridgehead atoms. The number of amides is 1. The number of ether oxygens (including phenoxy) is 2. The van der Waals surface area contributed by atoms with Crippen molar-refractivity contribution in [2.75, 3.05) is 45.3 Å². The lowest BCUT2D eigenvalue weighted by molar-refractivity contribution is -0.130. The maximum atomic E-state index is 12.8. The van der Waals surface area contributed by atoms with Gasteiger partial charge in [-0.3, -0.25) is 4.79 Å².